The molecule has 0 bridgehead atoms. The number of ether oxygens (including phenoxy) is 2. The van der Waals surface area contributed by atoms with Gasteiger partial charge in [-0.15, -0.1) is 5.10 Å². The number of nitrogen functional groups attached to an aromatic ring is 1. The summed E-state index contributed by atoms with van der Waals surface area (Å²) in [6, 6.07) is 11.6. The molecule has 2 N–H and O–H groups in total. The molecule has 4 heterocycles. The number of hydrazone groups is 1. The maximum Gasteiger partial charge on any atom is 0.410 e. The Kier molecular flexibility index (Phi) is 9.88. The number of carbonyl (C=O) groups is 2. The van der Waals surface area contributed by atoms with Crippen LogP contribution in [-0.4, -0.2) is 89.3 Å². The van der Waals surface area contributed by atoms with Crippen LogP contribution < -0.4 is 5.73 Å². The summed E-state index contributed by atoms with van der Waals surface area (Å²) in [5, 5.41) is 6.84. The number of carbonyl (C=O) groups excluding carboxylic acids is 2. The number of piperazine rings is 1. The minimum absolute atomic E-state index is 0.143. The van der Waals surface area contributed by atoms with E-state index in [9.17, 15) is 9.59 Å². The number of aryl methyl sites for hydroxylation is 1. The number of aliphatic imine (C=N–C) groups is 1. The zero-order chi connectivity index (χ0) is 34.1. The first-order chi connectivity index (χ1) is 22.2. The molecule has 2 saturated heterocycles. The maximum absolute atomic E-state index is 13.8. The molecule has 252 valence electrons. The van der Waals surface area contributed by atoms with Gasteiger partial charge in [0.2, 0.25) is 0 Å². The highest BCUT2D eigenvalue weighted by molar-refractivity contribution is 6.33. The second-order valence-corrected chi connectivity index (χ2v) is 14.1. The van der Waals surface area contributed by atoms with E-state index in [4.69, 9.17) is 31.9 Å². The summed E-state index contributed by atoms with van der Waals surface area (Å²) < 4.78 is 11.5. The van der Waals surface area contributed by atoms with Crippen LogP contribution in [0, 0.1) is 6.92 Å². The number of nitrogens with two attached hydrogens (primary N) is 1. The third-order valence-corrected chi connectivity index (χ3v) is 8.94. The predicted molar refractivity (Wildman–Crippen MR) is 185 cm³/mol. The number of rotatable bonds is 3. The summed E-state index contributed by atoms with van der Waals surface area (Å²) >= 11 is 5.69. The fourth-order valence-corrected chi connectivity index (χ4v) is 6.40. The molecule has 2 amide bonds. The Balaban J connectivity index is 0.000000417. The van der Waals surface area contributed by atoms with Gasteiger partial charge in [-0.1, -0.05) is 29.8 Å². The van der Waals surface area contributed by atoms with E-state index >= 15 is 0 Å². The molecule has 0 saturated carbocycles. The number of amidine groups is 1. The molecule has 11 nitrogen and oxygen atoms in total. The van der Waals surface area contributed by atoms with Crippen molar-refractivity contribution in [1.29, 1.82) is 0 Å². The second-order valence-electron chi connectivity index (χ2n) is 13.7. The first-order valence-corrected chi connectivity index (χ1v) is 16.4. The van der Waals surface area contributed by atoms with Crippen molar-refractivity contribution in [3.63, 3.8) is 0 Å². The molecule has 0 spiro atoms. The fraction of sp³-hybridized carbons (Fsp3) is 0.486. The lowest BCUT2D eigenvalue weighted by molar-refractivity contribution is -0.132. The van der Waals surface area contributed by atoms with Crippen LogP contribution in [0.3, 0.4) is 0 Å². The summed E-state index contributed by atoms with van der Waals surface area (Å²) in [5.74, 6) is 0.262. The lowest BCUT2D eigenvalue weighted by atomic mass is 9.94. The molecular formula is C35H46ClN7O4. The number of halogens is 1. The molecule has 4 aliphatic rings. The fourth-order valence-electron chi connectivity index (χ4n) is 6.16. The lowest BCUT2D eigenvalue weighted by Gasteiger charge is -2.42. The Bertz CT molecular complexity index is 1610. The minimum atomic E-state index is -0.542. The van der Waals surface area contributed by atoms with Gasteiger partial charge in [-0.2, -0.15) is 0 Å². The van der Waals surface area contributed by atoms with Gasteiger partial charge >= 0.3 is 6.09 Å². The molecule has 2 fully saturated rings. The van der Waals surface area contributed by atoms with Crippen LogP contribution in [0.1, 0.15) is 69.7 Å². The van der Waals surface area contributed by atoms with Gasteiger partial charge in [0, 0.05) is 44.0 Å². The number of nitrogens with zero attached hydrogens (tertiary/aromatic N) is 6. The molecule has 0 atom stereocenters. The minimum Gasteiger partial charge on any atom is -0.444 e. The van der Waals surface area contributed by atoms with Crippen LogP contribution in [0.5, 0.6) is 0 Å². The normalized spacial score (nSPS) is 19.3. The summed E-state index contributed by atoms with van der Waals surface area (Å²) in [4.78, 5) is 36.6. The van der Waals surface area contributed by atoms with E-state index in [1.807, 2.05) is 58.0 Å². The van der Waals surface area contributed by atoms with Gasteiger partial charge in [0.1, 0.15) is 18.0 Å². The Labute approximate surface area is 282 Å². The lowest BCUT2D eigenvalue weighted by Crippen LogP contribution is -2.54. The molecule has 12 heteroatoms. The van der Waals surface area contributed by atoms with Crippen molar-refractivity contribution in [2.75, 3.05) is 45.1 Å². The van der Waals surface area contributed by atoms with Crippen LogP contribution in [0.2, 0.25) is 5.02 Å². The number of benzene rings is 2. The average Bonchev–Trinajstić information content (AvgIpc) is 3.60. The van der Waals surface area contributed by atoms with Gasteiger partial charge in [-0.25, -0.2) is 14.8 Å². The van der Waals surface area contributed by atoms with Crippen molar-refractivity contribution in [3.8, 4) is 0 Å². The number of amides is 2. The van der Waals surface area contributed by atoms with E-state index in [0.29, 0.717) is 61.7 Å². The van der Waals surface area contributed by atoms with E-state index in [0.717, 1.165) is 47.3 Å². The molecule has 0 aliphatic carbocycles. The highest BCUT2D eigenvalue weighted by Crippen LogP contribution is 2.37. The summed E-state index contributed by atoms with van der Waals surface area (Å²) in [6.07, 6.45) is 1.54. The molecule has 0 radical (unpaired) electrons. The molecular weight excluding hydrogens is 618 g/mol. The van der Waals surface area contributed by atoms with E-state index in [1.54, 1.807) is 11.0 Å². The highest BCUT2D eigenvalue weighted by Gasteiger charge is 2.39. The van der Waals surface area contributed by atoms with Crippen LogP contribution in [-0.2, 0) is 26.5 Å². The van der Waals surface area contributed by atoms with Crippen LogP contribution in [0.15, 0.2) is 57.9 Å². The van der Waals surface area contributed by atoms with Gasteiger partial charge < -0.3 is 29.9 Å². The van der Waals surface area contributed by atoms with Crippen molar-refractivity contribution in [2.24, 2.45) is 10.1 Å². The van der Waals surface area contributed by atoms with Crippen LogP contribution in [0.25, 0.3) is 0 Å². The number of anilines is 1. The highest BCUT2D eigenvalue weighted by atomic mass is 35.5. The number of allylic oxidation sites excluding steroid dienone is 1. The Morgan fingerprint density at radius 2 is 1.79 bits per heavy atom. The molecule has 0 unspecified atom stereocenters. The van der Waals surface area contributed by atoms with Gasteiger partial charge in [-0.3, -0.25) is 4.79 Å². The van der Waals surface area contributed by atoms with E-state index in [2.05, 4.69) is 35.4 Å². The van der Waals surface area contributed by atoms with E-state index in [-0.39, 0.29) is 17.6 Å². The number of hydrogen-bond acceptors (Lipinski definition) is 8. The first-order valence-electron chi connectivity index (χ1n) is 16.0. The van der Waals surface area contributed by atoms with Crippen molar-refractivity contribution in [2.45, 2.75) is 72.2 Å². The monoisotopic (exact) mass is 663 g/mol. The van der Waals surface area contributed by atoms with Crippen molar-refractivity contribution < 1.29 is 19.1 Å². The zero-order valence-corrected chi connectivity index (χ0v) is 29.1. The smallest absolute Gasteiger partial charge is 0.410 e. The summed E-state index contributed by atoms with van der Waals surface area (Å²) in [6.45, 7) is 19.3. The van der Waals surface area contributed by atoms with Crippen molar-refractivity contribution in [3.05, 3.63) is 75.1 Å². The van der Waals surface area contributed by atoms with Gasteiger partial charge in [0.15, 0.2) is 5.84 Å². The third-order valence-electron chi connectivity index (χ3n) is 8.61. The van der Waals surface area contributed by atoms with Crippen molar-refractivity contribution >= 4 is 41.8 Å². The quantitative estimate of drug-likeness (QED) is 0.254. The molecule has 2 aromatic rings. The average molecular weight is 664 g/mol. The van der Waals surface area contributed by atoms with Gasteiger partial charge in [0.25, 0.3) is 5.91 Å². The summed E-state index contributed by atoms with van der Waals surface area (Å²) in [7, 11) is 0. The predicted octanol–water partition coefficient (Wildman–Crippen LogP) is 5.70. The number of hydrogen-bond donors (Lipinski definition) is 1. The second kappa shape index (κ2) is 13.6. The van der Waals surface area contributed by atoms with Gasteiger partial charge in [-0.05, 0) is 96.0 Å². The van der Waals surface area contributed by atoms with E-state index in [1.165, 1.54) is 5.01 Å². The van der Waals surface area contributed by atoms with Crippen LogP contribution in [0.4, 0.5) is 10.5 Å². The SMILES string of the molecule is C=N/C(=N\N1CN2CCCC2=C(N2CCN(C(=O)OC(C)(C)C)CC2)C1=O)c1ccc2c(c1)COC2(C)C.Cc1ccc(N)c(Cl)c1. The largest absolute Gasteiger partial charge is 0.444 e. The van der Waals surface area contributed by atoms with Crippen LogP contribution >= 0.6 is 11.6 Å². The zero-order valence-electron chi connectivity index (χ0n) is 28.3. The maximum atomic E-state index is 13.8. The molecule has 47 heavy (non-hydrogen) atoms. The Hall–Kier alpha value is -4.09. The molecule has 2 aromatic carbocycles. The first kappa shape index (κ1) is 34.3. The molecule has 4 aliphatic heterocycles. The Morgan fingerprint density at radius 1 is 1.06 bits per heavy atom. The number of fused-ring (bicyclic) bond motifs is 2. The Morgan fingerprint density at radius 3 is 2.43 bits per heavy atom. The van der Waals surface area contributed by atoms with E-state index < -0.39 is 5.60 Å². The standard InChI is InChI=1S/C28H38N6O4.C7H8ClN/c1-27(2,3)38-26(36)32-14-12-31(13-15-32)23-22-8-7-11-33(22)18-34(25(23)35)30-24(29-6)19-9-10-21-20(16-19)17-37-28(21,4)5;1-5-2-3-7(9)6(8)4-5/h9-10,16H,6-8,11-15,17-18H2,1-5H3;2-4H,9H2,1H3/b30-24-;. The topological polar surface area (TPSA) is 116 Å². The van der Waals surface area contributed by atoms with Crippen molar-refractivity contribution in [1.82, 2.24) is 19.7 Å². The summed E-state index contributed by atoms with van der Waals surface area (Å²) in [5.41, 5.74) is 11.2. The third kappa shape index (κ3) is 7.73. The van der Waals surface area contributed by atoms with Gasteiger partial charge in [0.05, 0.1) is 22.9 Å². The molecule has 6 rings (SSSR count). The molecule has 0 aromatic heterocycles.